The molecule has 1 fully saturated rings. The number of nitrogens with zero attached hydrogens (tertiary/aromatic N) is 2. The van der Waals surface area contributed by atoms with Gasteiger partial charge in [-0.3, -0.25) is 4.90 Å². The Bertz CT molecular complexity index is 875. The van der Waals surface area contributed by atoms with Crippen LogP contribution in [0.3, 0.4) is 0 Å². The largest absolute Gasteiger partial charge is 0.504 e. The van der Waals surface area contributed by atoms with Crippen molar-refractivity contribution in [2.45, 2.75) is 51.8 Å². The zero-order valence-electron chi connectivity index (χ0n) is 16.3. The lowest BCUT2D eigenvalue weighted by Crippen LogP contribution is -2.45. The number of aromatic hydroxyl groups is 1. The molecule has 2 heterocycles. The summed E-state index contributed by atoms with van der Waals surface area (Å²) in [5.74, 6) is -0.0526. The van der Waals surface area contributed by atoms with Gasteiger partial charge >= 0.3 is 6.09 Å². The van der Waals surface area contributed by atoms with E-state index in [0.717, 1.165) is 31.6 Å². The van der Waals surface area contributed by atoms with Gasteiger partial charge in [0, 0.05) is 31.1 Å². The van der Waals surface area contributed by atoms with Gasteiger partial charge in [0.25, 0.3) is 0 Å². The van der Waals surface area contributed by atoms with E-state index in [2.05, 4.69) is 15.2 Å². The first-order valence-electron chi connectivity index (χ1n) is 9.31. The van der Waals surface area contributed by atoms with Gasteiger partial charge in [0.2, 0.25) is 0 Å². The average Bonchev–Trinajstić information content (AvgIpc) is 2.60. The van der Waals surface area contributed by atoms with E-state index in [0.29, 0.717) is 22.5 Å². The topological polar surface area (TPSA) is 74.7 Å². The molecular weight excluding hydrogens is 401 g/mol. The number of hydrogen-bond acceptors (Lipinski definition) is 5. The highest BCUT2D eigenvalue weighted by Gasteiger charge is 2.24. The number of pyridine rings is 1. The highest BCUT2D eigenvalue weighted by atomic mass is 35.5. The smallest absolute Gasteiger partial charge is 0.407 e. The minimum atomic E-state index is -0.496. The van der Waals surface area contributed by atoms with Gasteiger partial charge in [-0.25, -0.2) is 9.78 Å². The first kappa shape index (κ1) is 21.0. The van der Waals surface area contributed by atoms with Crippen LogP contribution in [0.4, 0.5) is 4.79 Å². The summed E-state index contributed by atoms with van der Waals surface area (Å²) in [6.45, 7) is 7.88. The molecule has 0 saturated carbocycles. The molecule has 3 rings (SSSR count). The van der Waals surface area contributed by atoms with Gasteiger partial charge in [-0.05, 0) is 51.8 Å². The predicted octanol–water partition coefficient (Wildman–Crippen LogP) is 4.74. The van der Waals surface area contributed by atoms with Crippen LogP contribution >= 0.6 is 23.2 Å². The van der Waals surface area contributed by atoms with Crippen molar-refractivity contribution in [3.05, 3.63) is 33.9 Å². The number of phenols is 1. The maximum Gasteiger partial charge on any atom is 0.407 e. The molecule has 1 saturated heterocycles. The van der Waals surface area contributed by atoms with E-state index in [1.807, 2.05) is 32.9 Å². The number of nitrogens with one attached hydrogen (secondary N) is 1. The van der Waals surface area contributed by atoms with Crippen molar-refractivity contribution in [3.8, 4) is 5.75 Å². The maximum absolute atomic E-state index is 11.9. The van der Waals surface area contributed by atoms with Crippen LogP contribution < -0.4 is 5.32 Å². The fraction of sp³-hybridized carbons (Fsp3) is 0.500. The number of ether oxygens (including phenoxy) is 1. The minimum absolute atomic E-state index is 0.0526. The zero-order valence-corrected chi connectivity index (χ0v) is 17.8. The molecule has 0 spiro atoms. The number of piperidine rings is 1. The summed E-state index contributed by atoms with van der Waals surface area (Å²) in [5, 5.41) is 14.5. The van der Waals surface area contributed by atoms with Crippen molar-refractivity contribution in [1.29, 1.82) is 0 Å². The summed E-state index contributed by atoms with van der Waals surface area (Å²) >= 11 is 12.2. The van der Waals surface area contributed by atoms with Gasteiger partial charge < -0.3 is 15.2 Å². The van der Waals surface area contributed by atoms with E-state index in [4.69, 9.17) is 27.9 Å². The summed E-state index contributed by atoms with van der Waals surface area (Å²) < 4.78 is 5.32. The highest BCUT2D eigenvalue weighted by molar-refractivity contribution is 6.39. The van der Waals surface area contributed by atoms with Crippen LogP contribution in [0.1, 0.15) is 39.3 Å². The van der Waals surface area contributed by atoms with Crippen molar-refractivity contribution >= 4 is 40.2 Å². The summed E-state index contributed by atoms with van der Waals surface area (Å²) in [6.07, 6.45) is 1.32. The number of rotatable bonds is 3. The molecule has 1 aliphatic rings. The Kier molecular flexibility index (Phi) is 6.22. The summed E-state index contributed by atoms with van der Waals surface area (Å²) in [6, 6.07) is 5.39. The molecule has 28 heavy (non-hydrogen) atoms. The van der Waals surface area contributed by atoms with Gasteiger partial charge in [-0.1, -0.05) is 23.2 Å². The van der Waals surface area contributed by atoms with E-state index >= 15 is 0 Å². The number of halogens is 2. The van der Waals surface area contributed by atoms with Crippen LogP contribution in [-0.2, 0) is 11.3 Å². The molecule has 2 N–H and O–H groups in total. The first-order valence-corrected chi connectivity index (χ1v) is 10.1. The number of amides is 1. The second-order valence-electron chi connectivity index (χ2n) is 8.08. The molecule has 0 unspecified atom stereocenters. The number of carbonyl (C=O) groups excluding carboxylic acids is 1. The molecule has 0 aliphatic carbocycles. The molecular formula is C20H25Cl2N3O3. The lowest BCUT2D eigenvalue weighted by Gasteiger charge is -2.32. The number of hydrogen-bond donors (Lipinski definition) is 2. The molecule has 1 aromatic heterocycles. The lowest BCUT2D eigenvalue weighted by molar-refractivity contribution is 0.0477. The van der Waals surface area contributed by atoms with Crippen molar-refractivity contribution in [3.63, 3.8) is 0 Å². The molecule has 2 aromatic rings. The van der Waals surface area contributed by atoms with E-state index in [9.17, 15) is 9.90 Å². The number of aromatic nitrogens is 1. The molecule has 6 nitrogen and oxygen atoms in total. The van der Waals surface area contributed by atoms with Gasteiger partial charge in [0.05, 0.1) is 15.7 Å². The van der Waals surface area contributed by atoms with E-state index in [1.54, 1.807) is 0 Å². The number of carbonyl (C=O) groups is 1. The van der Waals surface area contributed by atoms with Gasteiger partial charge in [0.1, 0.15) is 11.1 Å². The second kappa shape index (κ2) is 8.31. The average molecular weight is 426 g/mol. The van der Waals surface area contributed by atoms with Gasteiger partial charge in [-0.15, -0.1) is 0 Å². The van der Waals surface area contributed by atoms with Crippen LogP contribution in [0.2, 0.25) is 10.0 Å². The first-order chi connectivity index (χ1) is 13.1. The molecule has 1 aromatic carbocycles. The number of fused-ring (bicyclic) bond motifs is 1. The number of benzene rings is 1. The monoisotopic (exact) mass is 425 g/mol. The van der Waals surface area contributed by atoms with E-state index < -0.39 is 5.60 Å². The molecule has 0 bridgehead atoms. The lowest BCUT2D eigenvalue weighted by atomic mass is 10.0. The van der Waals surface area contributed by atoms with Crippen molar-refractivity contribution in [2.75, 3.05) is 13.1 Å². The van der Waals surface area contributed by atoms with E-state index in [1.165, 1.54) is 6.07 Å². The molecule has 1 amide bonds. The fourth-order valence-electron chi connectivity index (χ4n) is 3.27. The molecule has 1 aliphatic heterocycles. The van der Waals surface area contributed by atoms with Crippen LogP contribution in [0, 0.1) is 0 Å². The third kappa shape index (κ3) is 5.19. The van der Waals surface area contributed by atoms with Gasteiger partial charge in [0.15, 0.2) is 5.75 Å². The Hall–Kier alpha value is -1.76. The summed E-state index contributed by atoms with van der Waals surface area (Å²) in [5.41, 5.74) is 0.750. The van der Waals surface area contributed by atoms with Crippen LogP contribution in [-0.4, -0.2) is 45.8 Å². The Morgan fingerprint density at radius 1 is 1.29 bits per heavy atom. The third-order valence-electron chi connectivity index (χ3n) is 4.61. The summed E-state index contributed by atoms with van der Waals surface area (Å²) in [4.78, 5) is 18.7. The number of phenolic OH excluding ortho intramolecular Hbond substituents is 1. The quantitative estimate of drug-likeness (QED) is 0.742. The molecule has 0 radical (unpaired) electrons. The summed E-state index contributed by atoms with van der Waals surface area (Å²) in [7, 11) is 0. The molecule has 0 atom stereocenters. The Morgan fingerprint density at radius 2 is 1.96 bits per heavy atom. The maximum atomic E-state index is 11.9. The van der Waals surface area contributed by atoms with Gasteiger partial charge in [-0.2, -0.15) is 0 Å². The normalized spacial score (nSPS) is 16.3. The predicted molar refractivity (Wildman–Crippen MR) is 111 cm³/mol. The third-order valence-corrected chi connectivity index (χ3v) is 5.21. The molecule has 152 valence electrons. The number of alkyl carbamates (subject to hydrolysis) is 1. The Balaban J connectivity index is 1.59. The second-order valence-corrected chi connectivity index (χ2v) is 8.90. The van der Waals surface area contributed by atoms with Crippen LogP contribution in [0.25, 0.3) is 10.9 Å². The highest BCUT2D eigenvalue weighted by Crippen LogP contribution is 2.36. The van der Waals surface area contributed by atoms with E-state index in [-0.39, 0.29) is 22.9 Å². The van der Waals surface area contributed by atoms with Crippen LogP contribution in [0.15, 0.2) is 18.2 Å². The Labute approximate surface area is 174 Å². The van der Waals surface area contributed by atoms with Crippen LogP contribution in [0.5, 0.6) is 5.75 Å². The van der Waals surface area contributed by atoms with Crippen molar-refractivity contribution < 1.29 is 14.6 Å². The number of likely N-dealkylation sites (tertiary alicyclic amines) is 1. The SMILES string of the molecule is CC(C)(C)OC(=O)NC1CCN(Cc2ccc3c(Cl)cc(Cl)c(O)c3n2)CC1. The minimum Gasteiger partial charge on any atom is -0.504 e. The standard InChI is InChI=1S/C20H25Cl2N3O3/c1-20(2,3)28-19(27)24-12-6-8-25(9-7-12)11-13-4-5-14-15(21)10-16(22)18(26)17(14)23-13/h4-5,10,12,26H,6-9,11H2,1-3H3,(H,24,27). The van der Waals surface area contributed by atoms with Crippen molar-refractivity contribution in [2.24, 2.45) is 0 Å². The molecule has 8 heteroatoms. The zero-order chi connectivity index (χ0) is 20.5. The fourth-order valence-corrected chi connectivity index (χ4v) is 3.79. The van der Waals surface area contributed by atoms with Crippen molar-refractivity contribution in [1.82, 2.24) is 15.2 Å². The Morgan fingerprint density at radius 3 is 2.61 bits per heavy atom.